The van der Waals surface area contributed by atoms with Crippen LogP contribution in [-0.2, 0) is 11.2 Å². The van der Waals surface area contributed by atoms with E-state index in [0.717, 1.165) is 70.2 Å². The Kier molecular flexibility index (Phi) is 8.67. The van der Waals surface area contributed by atoms with E-state index in [0.29, 0.717) is 50.7 Å². The third kappa shape index (κ3) is 6.06. The summed E-state index contributed by atoms with van der Waals surface area (Å²) in [7, 11) is 1.90. The number of aromatic nitrogens is 2. The van der Waals surface area contributed by atoms with Crippen molar-refractivity contribution in [2.45, 2.75) is 70.3 Å². The first-order valence-corrected chi connectivity index (χ1v) is 14.6. The highest BCUT2D eigenvalue weighted by Gasteiger charge is 2.43. The maximum Gasteiger partial charge on any atom is 0.257 e. The molecule has 3 aliphatic heterocycles. The number of carbonyl (C=O) groups is 2. The van der Waals surface area contributed by atoms with Crippen molar-refractivity contribution in [2.24, 2.45) is 5.41 Å². The van der Waals surface area contributed by atoms with E-state index < -0.39 is 5.41 Å². The first-order valence-electron chi connectivity index (χ1n) is 14.6. The second-order valence-corrected chi connectivity index (χ2v) is 11.4. The molecule has 0 aliphatic carbocycles. The fraction of sp³-hybridized carbons (Fsp3) is 0.633. The Morgan fingerprint density at radius 1 is 1.03 bits per heavy atom. The van der Waals surface area contributed by atoms with Crippen LogP contribution >= 0.6 is 0 Å². The number of likely N-dealkylation sites (N-methyl/N-ethyl adjacent to an activating group) is 1. The molecule has 8 heteroatoms. The van der Waals surface area contributed by atoms with E-state index in [1.165, 1.54) is 5.56 Å². The molecule has 5 rings (SSSR count). The molecule has 0 saturated carbocycles. The van der Waals surface area contributed by atoms with Crippen molar-refractivity contribution in [1.82, 2.24) is 24.9 Å². The number of nitrogens with one attached hydrogen (secondary N) is 1. The van der Waals surface area contributed by atoms with Crippen LogP contribution in [0, 0.1) is 5.41 Å². The van der Waals surface area contributed by atoms with Gasteiger partial charge in [-0.1, -0.05) is 31.0 Å². The van der Waals surface area contributed by atoms with Gasteiger partial charge in [0, 0.05) is 26.3 Å². The second-order valence-electron chi connectivity index (χ2n) is 11.4. The predicted molar refractivity (Wildman–Crippen MR) is 147 cm³/mol. The highest BCUT2D eigenvalue weighted by atomic mass is 16.5. The predicted octanol–water partition coefficient (Wildman–Crippen LogP) is 4.07. The molecule has 2 saturated heterocycles. The number of rotatable bonds is 2. The molecule has 1 unspecified atom stereocenters. The molecule has 38 heavy (non-hydrogen) atoms. The number of fused-ring (bicyclic) bond motifs is 1. The minimum atomic E-state index is -0.399. The molecular weight excluding hydrogens is 478 g/mol. The van der Waals surface area contributed by atoms with Crippen molar-refractivity contribution in [3.8, 4) is 5.75 Å². The fourth-order valence-corrected chi connectivity index (χ4v) is 6.41. The third-order valence-electron chi connectivity index (χ3n) is 8.83. The number of nitrogens with zero attached hydrogens (tertiary/aromatic N) is 4. The molecule has 4 heterocycles. The molecule has 1 spiro atoms. The minimum Gasteiger partial charge on any atom is -0.491 e. The van der Waals surface area contributed by atoms with Crippen molar-refractivity contribution in [2.75, 3.05) is 46.4 Å². The summed E-state index contributed by atoms with van der Waals surface area (Å²) in [5, 5.41) is 7.99. The van der Waals surface area contributed by atoms with Gasteiger partial charge in [0.05, 0.1) is 29.8 Å². The topological polar surface area (TPSA) is 79.7 Å². The summed E-state index contributed by atoms with van der Waals surface area (Å²) in [6.45, 7) is 4.31. The monoisotopic (exact) mass is 521 g/mol. The van der Waals surface area contributed by atoms with Gasteiger partial charge in [-0.25, -0.2) is 0 Å². The van der Waals surface area contributed by atoms with Gasteiger partial charge in [0.1, 0.15) is 12.4 Å². The zero-order valence-electron chi connectivity index (χ0n) is 22.9. The standard InChI is InChI=1S/C30H43N5O3/c1-33-20-21-38-27-11-5-4-9-24(27)8-3-2-6-13-30(29(33)37)14-18-34(19-15-30)28(36)25-22-32-35(23-25)26-10-7-16-31-17-12-26/h4-5,9,11,22-23,26,31H,2-3,6-8,10,12-21H2,1H3. The van der Waals surface area contributed by atoms with Crippen LogP contribution in [0.25, 0.3) is 0 Å². The lowest BCUT2D eigenvalue weighted by atomic mass is 9.73. The fourth-order valence-electron chi connectivity index (χ4n) is 6.41. The van der Waals surface area contributed by atoms with Gasteiger partial charge in [-0.05, 0) is 76.1 Å². The highest BCUT2D eigenvalue weighted by molar-refractivity contribution is 5.94. The number of aryl methyl sites for hydroxylation is 1. The maximum absolute atomic E-state index is 13.8. The summed E-state index contributed by atoms with van der Waals surface area (Å²) in [4.78, 5) is 30.9. The Balaban J connectivity index is 1.22. The number of para-hydroxylation sites is 1. The summed E-state index contributed by atoms with van der Waals surface area (Å²) in [6, 6.07) is 8.61. The quantitative estimate of drug-likeness (QED) is 0.645. The SMILES string of the molecule is CN1CCOc2ccccc2CCCCCC2(CCN(C(=O)c3cnn(C4CCCNCC4)c3)CC2)C1=O. The van der Waals surface area contributed by atoms with Crippen molar-refractivity contribution in [3.63, 3.8) is 0 Å². The molecule has 8 nitrogen and oxygen atoms in total. The van der Waals surface area contributed by atoms with Gasteiger partial charge >= 0.3 is 0 Å². The molecule has 2 amide bonds. The van der Waals surface area contributed by atoms with Crippen LogP contribution in [0.15, 0.2) is 36.7 Å². The number of amides is 2. The molecule has 1 atom stereocenters. The summed E-state index contributed by atoms with van der Waals surface area (Å²) in [6.07, 6.45) is 13.4. The number of piperidine rings is 1. The molecular formula is C30H43N5O3. The summed E-state index contributed by atoms with van der Waals surface area (Å²) < 4.78 is 8.07. The first kappa shape index (κ1) is 26.7. The van der Waals surface area contributed by atoms with Crippen LogP contribution in [0.5, 0.6) is 5.75 Å². The molecule has 1 aromatic heterocycles. The number of hydrogen-bond donors (Lipinski definition) is 1. The van der Waals surface area contributed by atoms with Crippen molar-refractivity contribution in [1.29, 1.82) is 0 Å². The molecule has 0 radical (unpaired) electrons. The van der Waals surface area contributed by atoms with Gasteiger partial charge in [0.25, 0.3) is 5.91 Å². The van der Waals surface area contributed by atoms with Gasteiger partial charge in [-0.3, -0.25) is 14.3 Å². The smallest absolute Gasteiger partial charge is 0.257 e. The van der Waals surface area contributed by atoms with Gasteiger partial charge in [0.2, 0.25) is 5.91 Å². The lowest BCUT2D eigenvalue weighted by Crippen LogP contribution is -2.51. The average molecular weight is 522 g/mol. The zero-order valence-corrected chi connectivity index (χ0v) is 22.9. The Bertz CT molecular complexity index is 1080. The van der Waals surface area contributed by atoms with Crippen LogP contribution in [0.3, 0.4) is 0 Å². The number of hydrogen-bond acceptors (Lipinski definition) is 5. The van der Waals surface area contributed by atoms with E-state index in [9.17, 15) is 9.59 Å². The van der Waals surface area contributed by atoms with Crippen molar-refractivity contribution < 1.29 is 14.3 Å². The third-order valence-corrected chi connectivity index (χ3v) is 8.83. The van der Waals surface area contributed by atoms with Crippen LogP contribution < -0.4 is 10.1 Å². The van der Waals surface area contributed by atoms with Gasteiger partial charge in [0.15, 0.2) is 0 Å². The van der Waals surface area contributed by atoms with E-state index in [4.69, 9.17) is 4.74 Å². The lowest BCUT2D eigenvalue weighted by molar-refractivity contribution is -0.144. The minimum absolute atomic E-state index is 0.0365. The van der Waals surface area contributed by atoms with Crippen LogP contribution in [-0.4, -0.2) is 77.8 Å². The summed E-state index contributed by atoms with van der Waals surface area (Å²) >= 11 is 0. The van der Waals surface area contributed by atoms with Crippen LogP contribution in [0.4, 0.5) is 0 Å². The Morgan fingerprint density at radius 2 is 1.87 bits per heavy atom. The number of ether oxygens (including phenoxy) is 1. The van der Waals surface area contributed by atoms with Gasteiger partial charge in [-0.15, -0.1) is 0 Å². The summed E-state index contributed by atoms with van der Waals surface area (Å²) in [5.41, 5.74) is 1.51. The second kappa shape index (κ2) is 12.3. The van der Waals surface area contributed by atoms with E-state index >= 15 is 0 Å². The van der Waals surface area contributed by atoms with E-state index in [2.05, 4.69) is 22.5 Å². The zero-order chi connectivity index (χ0) is 26.4. The van der Waals surface area contributed by atoms with E-state index in [1.807, 2.05) is 39.9 Å². The highest BCUT2D eigenvalue weighted by Crippen LogP contribution is 2.39. The van der Waals surface area contributed by atoms with Crippen LogP contribution in [0.1, 0.15) is 79.8 Å². The maximum atomic E-state index is 13.8. The van der Waals surface area contributed by atoms with E-state index in [-0.39, 0.29) is 11.8 Å². The molecule has 1 aromatic carbocycles. The molecule has 0 bridgehead atoms. The average Bonchev–Trinajstić information content (AvgIpc) is 3.28. The van der Waals surface area contributed by atoms with Gasteiger partial charge in [-0.2, -0.15) is 5.10 Å². The van der Waals surface area contributed by atoms with Crippen molar-refractivity contribution >= 4 is 11.8 Å². The lowest BCUT2D eigenvalue weighted by Gasteiger charge is -2.42. The number of carbonyl (C=O) groups excluding carboxylic acids is 2. The molecule has 3 aliphatic rings. The Hall–Kier alpha value is -2.87. The normalized spacial score (nSPS) is 23.4. The molecule has 2 aromatic rings. The number of likely N-dealkylation sites (tertiary alicyclic amines) is 1. The molecule has 1 N–H and O–H groups in total. The van der Waals surface area contributed by atoms with E-state index in [1.54, 1.807) is 6.20 Å². The number of benzene rings is 1. The molecule has 2 fully saturated rings. The Labute approximate surface area is 226 Å². The van der Waals surface area contributed by atoms with Crippen LogP contribution in [0.2, 0.25) is 0 Å². The van der Waals surface area contributed by atoms with Crippen molar-refractivity contribution in [3.05, 3.63) is 47.8 Å². The first-order chi connectivity index (χ1) is 18.6. The van der Waals surface area contributed by atoms with Gasteiger partial charge < -0.3 is 19.9 Å². The summed E-state index contributed by atoms with van der Waals surface area (Å²) in [5.74, 6) is 1.18. The largest absolute Gasteiger partial charge is 0.491 e. The molecule has 206 valence electrons. The Morgan fingerprint density at radius 3 is 2.74 bits per heavy atom.